The van der Waals surface area contributed by atoms with E-state index in [1.54, 1.807) is 0 Å². The maximum absolute atomic E-state index is 8.94. The van der Waals surface area contributed by atoms with Crippen LogP contribution >= 0.6 is 0 Å². The van der Waals surface area contributed by atoms with E-state index in [2.05, 4.69) is 42.3 Å². The third kappa shape index (κ3) is 3.95. The molecule has 1 aromatic heterocycles. The maximum Gasteiger partial charge on any atom is 0.126 e. The summed E-state index contributed by atoms with van der Waals surface area (Å²) in [7, 11) is 1.94. The molecule has 0 unspecified atom stereocenters. The zero-order chi connectivity index (χ0) is 15.2. The molecule has 0 atom stereocenters. The molecule has 0 radical (unpaired) electrons. The Kier molecular flexibility index (Phi) is 5.17. The molecule has 4 heteroatoms. The first-order chi connectivity index (χ1) is 10.1. The molecule has 0 bridgehead atoms. The quantitative estimate of drug-likeness (QED) is 0.857. The number of aromatic nitrogens is 1. The van der Waals surface area contributed by atoms with Crippen molar-refractivity contribution in [2.75, 3.05) is 30.4 Å². The Morgan fingerprint density at radius 1 is 1.14 bits per heavy atom. The zero-order valence-electron chi connectivity index (χ0n) is 12.9. The number of anilines is 2. The fourth-order valence-corrected chi connectivity index (χ4v) is 2.30. The normalized spacial score (nSPS) is 10.5. The molecule has 0 aliphatic rings. The average molecular weight is 285 g/mol. The first kappa shape index (κ1) is 15.3. The van der Waals surface area contributed by atoms with E-state index in [4.69, 9.17) is 5.11 Å². The molecule has 0 amide bonds. The molecule has 4 nitrogen and oxygen atoms in total. The molecule has 21 heavy (non-hydrogen) atoms. The number of benzene rings is 1. The van der Waals surface area contributed by atoms with Gasteiger partial charge < -0.3 is 15.3 Å². The Balaban J connectivity index is 2.01. The van der Waals surface area contributed by atoms with Gasteiger partial charge in [0.1, 0.15) is 5.82 Å². The van der Waals surface area contributed by atoms with E-state index in [0.29, 0.717) is 6.54 Å². The van der Waals surface area contributed by atoms with E-state index in [0.717, 1.165) is 18.1 Å². The van der Waals surface area contributed by atoms with E-state index >= 15 is 0 Å². The number of likely N-dealkylation sites (N-methyl/N-ethyl adjacent to an activating group) is 1. The number of pyridine rings is 1. The van der Waals surface area contributed by atoms with Crippen LogP contribution in [0.15, 0.2) is 36.5 Å². The lowest BCUT2D eigenvalue weighted by Crippen LogP contribution is -2.21. The highest BCUT2D eigenvalue weighted by Gasteiger charge is 2.04. The van der Waals surface area contributed by atoms with Crippen molar-refractivity contribution in [1.29, 1.82) is 0 Å². The first-order valence-corrected chi connectivity index (χ1v) is 7.19. The number of rotatable bonds is 6. The predicted molar refractivity (Wildman–Crippen MR) is 87.8 cm³/mol. The van der Waals surface area contributed by atoms with Crippen LogP contribution < -0.4 is 10.2 Å². The van der Waals surface area contributed by atoms with Gasteiger partial charge in [-0.3, -0.25) is 0 Å². The lowest BCUT2D eigenvalue weighted by atomic mass is 10.0. The van der Waals surface area contributed by atoms with Gasteiger partial charge in [-0.15, -0.1) is 0 Å². The topological polar surface area (TPSA) is 48.4 Å². The van der Waals surface area contributed by atoms with E-state index in [9.17, 15) is 0 Å². The van der Waals surface area contributed by atoms with Gasteiger partial charge in [0.25, 0.3) is 0 Å². The van der Waals surface area contributed by atoms with Crippen LogP contribution in [0, 0.1) is 13.8 Å². The fraction of sp³-hybridized carbons (Fsp3) is 0.353. The van der Waals surface area contributed by atoms with Crippen molar-refractivity contribution in [3.05, 3.63) is 53.2 Å². The monoisotopic (exact) mass is 285 g/mol. The number of aliphatic hydroxyl groups excluding tert-OH is 1. The molecule has 112 valence electrons. The summed E-state index contributed by atoms with van der Waals surface area (Å²) in [4.78, 5) is 6.40. The van der Waals surface area contributed by atoms with Crippen LogP contribution in [0.3, 0.4) is 0 Å². The summed E-state index contributed by atoms with van der Waals surface area (Å²) in [5, 5.41) is 12.3. The Bertz CT molecular complexity index is 561. The molecular weight excluding hydrogens is 262 g/mol. The van der Waals surface area contributed by atoms with Crippen LogP contribution in [-0.4, -0.2) is 30.3 Å². The third-order valence-corrected chi connectivity index (χ3v) is 3.71. The second-order valence-electron chi connectivity index (χ2n) is 5.27. The van der Waals surface area contributed by atoms with Crippen LogP contribution in [0.25, 0.3) is 0 Å². The minimum absolute atomic E-state index is 0.142. The summed E-state index contributed by atoms with van der Waals surface area (Å²) >= 11 is 0. The molecule has 2 aromatic rings. The molecule has 0 aliphatic heterocycles. The number of aliphatic hydroxyl groups is 1. The average Bonchev–Trinajstić information content (AvgIpc) is 2.47. The predicted octanol–water partition coefficient (Wildman–Crippen LogP) is 2.74. The van der Waals surface area contributed by atoms with Crippen molar-refractivity contribution in [1.82, 2.24) is 4.98 Å². The van der Waals surface area contributed by atoms with Crippen molar-refractivity contribution in [2.24, 2.45) is 0 Å². The Hall–Kier alpha value is -2.07. The SMILES string of the molecule is Cc1cccc(C)c1CNc1ccc(N(C)CCO)cn1. The number of nitrogens with one attached hydrogen (secondary N) is 1. The van der Waals surface area contributed by atoms with Crippen LogP contribution in [0.5, 0.6) is 0 Å². The van der Waals surface area contributed by atoms with E-state index < -0.39 is 0 Å². The van der Waals surface area contributed by atoms with Crippen molar-refractivity contribution in [3.63, 3.8) is 0 Å². The molecule has 2 rings (SSSR count). The molecule has 1 heterocycles. The van der Waals surface area contributed by atoms with Gasteiger partial charge in [0.05, 0.1) is 18.5 Å². The van der Waals surface area contributed by atoms with Crippen molar-refractivity contribution >= 4 is 11.5 Å². The van der Waals surface area contributed by atoms with Gasteiger partial charge in [-0.25, -0.2) is 4.98 Å². The largest absolute Gasteiger partial charge is 0.395 e. The summed E-state index contributed by atoms with van der Waals surface area (Å²) in [6.07, 6.45) is 1.82. The van der Waals surface area contributed by atoms with Crippen molar-refractivity contribution in [3.8, 4) is 0 Å². The summed E-state index contributed by atoms with van der Waals surface area (Å²) in [6.45, 7) is 5.78. The zero-order valence-corrected chi connectivity index (χ0v) is 12.9. The smallest absolute Gasteiger partial charge is 0.126 e. The summed E-state index contributed by atoms with van der Waals surface area (Å²) in [5.41, 5.74) is 4.91. The third-order valence-electron chi connectivity index (χ3n) is 3.71. The van der Waals surface area contributed by atoms with Crippen LogP contribution in [0.1, 0.15) is 16.7 Å². The highest BCUT2D eigenvalue weighted by molar-refractivity contribution is 5.49. The van der Waals surface area contributed by atoms with Gasteiger partial charge >= 0.3 is 0 Å². The second-order valence-corrected chi connectivity index (χ2v) is 5.27. The Labute approximate surface area is 126 Å². The van der Waals surface area contributed by atoms with Crippen LogP contribution in [0.4, 0.5) is 11.5 Å². The van der Waals surface area contributed by atoms with Crippen LogP contribution in [-0.2, 0) is 6.54 Å². The van der Waals surface area contributed by atoms with Crippen molar-refractivity contribution < 1.29 is 5.11 Å². The number of hydrogen-bond donors (Lipinski definition) is 2. The molecule has 1 aromatic carbocycles. The molecule has 0 spiro atoms. The Morgan fingerprint density at radius 2 is 1.86 bits per heavy atom. The maximum atomic E-state index is 8.94. The highest BCUT2D eigenvalue weighted by Crippen LogP contribution is 2.17. The molecule has 0 saturated heterocycles. The molecular formula is C17H23N3O. The number of nitrogens with zero attached hydrogens (tertiary/aromatic N) is 2. The van der Waals surface area contributed by atoms with E-state index in [1.807, 2.05) is 30.3 Å². The molecule has 0 fully saturated rings. The number of hydrogen-bond acceptors (Lipinski definition) is 4. The fourth-order valence-electron chi connectivity index (χ4n) is 2.30. The standard InChI is InChI=1S/C17H23N3O/c1-13-5-4-6-14(2)16(13)12-19-17-8-7-15(11-18-17)20(3)9-10-21/h4-8,11,21H,9-10,12H2,1-3H3,(H,18,19). The lowest BCUT2D eigenvalue weighted by molar-refractivity contribution is 0.304. The van der Waals surface area contributed by atoms with Gasteiger partial charge in [-0.05, 0) is 42.7 Å². The molecule has 0 saturated carbocycles. The second kappa shape index (κ2) is 7.09. The van der Waals surface area contributed by atoms with E-state index in [-0.39, 0.29) is 6.61 Å². The Morgan fingerprint density at radius 3 is 2.43 bits per heavy atom. The van der Waals surface area contributed by atoms with Gasteiger partial charge in [0.15, 0.2) is 0 Å². The van der Waals surface area contributed by atoms with Gasteiger partial charge in [0, 0.05) is 20.1 Å². The minimum Gasteiger partial charge on any atom is -0.395 e. The van der Waals surface area contributed by atoms with E-state index in [1.165, 1.54) is 16.7 Å². The summed E-state index contributed by atoms with van der Waals surface area (Å²) < 4.78 is 0. The van der Waals surface area contributed by atoms with Crippen LogP contribution in [0.2, 0.25) is 0 Å². The molecule has 0 aliphatic carbocycles. The summed E-state index contributed by atoms with van der Waals surface area (Å²) in [6, 6.07) is 10.3. The van der Waals surface area contributed by atoms with Gasteiger partial charge in [-0.2, -0.15) is 0 Å². The minimum atomic E-state index is 0.142. The first-order valence-electron chi connectivity index (χ1n) is 7.19. The molecule has 2 N–H and O–H groups in total. The van der Waals surface area contributed by atoms with Gasteiger partial charge in [0.2, 0.25) is 0 Å². The summed E-state index contributed by atoms with van der Waals surface area (Å²) in [5.74, 6) is 0.860. The van der Waals surface area contributed by atoms with Crippen molar-refractivity contribution in [2.45, 2.75) is 20.4 Å². The highest BCUT2D eigenvalue weighted by atomic mass is 16.3. The number of aryl methyl sites for hydroxylation is 2. The lowest BCUT2D eigenvalue weighted by Gasteiger charge is -2.18. The van der Waals surface area contributed by atoms with Gasteiger partial charge in [-0.1, -0.05) is 18.2 Å².